The van der Waals surface area contributed by atoms with Crippen LogP contribution in [-0.2, 0) is 32.7 Å². The molecule has 0 rings (SSSR count). The van der Waals surface area contributed by atoms with Crippen molar-refractivity contribution in [2.24, 2.45) is 0 Å². The monoisotopic (exact) mass is 801 g/mol. The number of aliphatic hydroxyl groups is 3. The van der Waals surface area contributed by atoms with Crippen molar-refractivity contribution in [2.75, 3.05) is 26.4 Å². The largest absolute Gasteiger partial charge is 0.472 e. The molecule has 0 aliphatic rings. The third-order valence-electron chi connectivity index (χ3n) is 8.79. The molecule has 1 unspecified atom stereocenters. The fraction of sp³-hybridized carbons (Fsp3) is 0.767. The van der Waals surface area contributed by atoms with Crippen LogP contribution in [0.3, 0.4) is 0 Å². The Labute approximate surface area is 333 Å². The lowest BCUT2D eigenvalue weighted by atomic mass is 10.1. The molecule has 0 heterocycles. The second-order valence-electron chi connectivity index (χ2n) is 14.1. The molecule has 0 amide bonds. The van der Waals surface area contributed by atoms with Crippen molar-refractivity contribution in [2.45, 2.75) is 186 Å². The van der Waals surface area contributed by atoms with Crippen molar-refractivity contribution in [1.29, 1.82) is 0 Å². The van der Waals surface area contributed by atoms with E-state index in [-0.39, 0.29) is 19.4 Å². The molecular formula is C43H77O11P. The Morgan fingerprint density at radius 3 is 1.33 bits per heavy atom. The number of aliphatic hydroxyl groups excluding tert-OH is 3. The molecule has 4 atom stereocenters. The summed E-state index contributed by atoms with van der Waals surface area (Å²) < 4.78 is 32.7. The molecule has 0 aliphatic carbocycles. The standard InChI is InChI=1S/C43H77O11P/c1-3-5-7-9-11-13-15-17-19-21-23-25-27-29-31-33-42(47)51-36-39(37-52-55(49,50)53-38-41(46)40(45)35-44)54-43(48)34-32-30-28-26-24-22-20-18-16-14-12-10-8-6-4-2/h13-16,25-28,39-41,44-46H,3-12,17-24,29-38H2,1-2H3,(H,49,50)/t39-,40-,41-/m1/s1. The first kappa shape index (κ1) is 52.9. The quantitative estimate of drug-likeness (QED) is 0.0202. The number of ether oxygens (including phenoxy) is 2. The lowest BCUT2D eigenvalue weighted by Crippen LogP contribution is -2.33. The Kier molecular flexibility index (Phi) is 37.3. The number of hydrogen-bond donors (Lipinski definition) is 4. The van der Waals surface area contributed by atoms with Crippen LogP contribution >= 0.6 is 7.82 Å². The van der Waals surface area contributed by atoms with Gasteiger partial charge in [0.1, 0.15) is 18.8 Å². The fourth-order valence-electron chi connectivity index (χ4n) is 5.33. The van der Waals surface area contributed by atoms with E-state index in [1.165, 1.54) is 57.8 Å². The van der Waals surface area contributed by atoms with Crippen LogP contribution in [0.15, 0.2) is 48.6 Å². The van der Waals surface area contributed by atoms with Gasteiger partial charge in [0, 0.05) is 12.8 Å². The van der Waals surface area contributed by atoms with Crippen LogP contribution in [0.5, 0.6) is 0 Å². The number of unbranched alkanes of at least 4 members (excludes halogenated alkanes) is 16. The van der Waals surface area contributed by atoms with E-state index < -0.39 is 57.9 Å². The second kappa shape index (κ2) is 38.7. The molecule has 0 radical (unpaired) electrons. The Hall–Kier alpha value is -2.11. The van der Waals surface area contributed by atoms with Gasteiger partial charge in [0.25, 0.3) is 0 Å². The average Bonchev–Trinajstić information content (AvgIpc) is 3.17. The smallest absolute Gasteiger partial charge is 0.462 e. The van der Waals surface area contributed by atoms with Crippen LogP contribution in [0.2, 0.25) is 0 Å². The highest BCUT2D eigenvalue weighted by atomic mass is 31.2. The molecule has 12 heteroatoms. The van der Waals surface area contributed by atoms with E-state index in [0.717, 1.165) is 64.2 Å². The van der Waals surface area contributed by atoms with Gasteiger partial charge in [0.2, 0.25) is 0 Å². The Balaban J connectivity index is 4.55. The van der Waals surface area contributed by atoms with Crippen LogP contribution in [0.1, 0.15) is 168 Å². The van der Waals surface area contributed by atoms with E-state index in [1.807, 2.05) is 6.08 Å². The Bertz CT molecular complexity index is 1070. The molecule has 0 fully saturated rings. The number of phosphoric ester groups is 1. The number of esters is 2. The van der Waals surface area contributed by atoms with E-state index in [0.29, 0.717) is 19.3 Å². The molecular weight excluding hydrogens is 723 g/mol. The van der Waals surface area contributed by atoms with Crippen molar-refractivity contribution < 1.29 is 52.9 Å². The molecule has 0 aliphatic heterocycles. The van der Waals surface area contributed by atoms with Gasteiger partial charge in [-0.05, 0) is 103 Å². The SMILES string of the molecule is CCCCCCC=CCCCCC=CCCCC(=O)OC[C@H](COP(=O)(O)OC[C@@H](O)[C@H](O)CO)OC(=O)CCCC=CCCCCC=CCCCCCC. The lowest BCUT2D eigenvalue weighted by Gasteiger charge is -2.21. The maximum atomic E-state index is 12.6. The van der Waals surface area contributed by atoms with Gasteiger partial charge < -0.3 is 29.7 Å². The molecule has 4 N–H and O–H groups in total. The second-order valence-corrected chi connectivity index (χ2v) is 15.6. The minimum atomic E-state index is -4.75. The zero-order valence-electron chi connectivity index (χ0n) is 34.2. The highest BCUT2D eigenvalue weighted by Gasteiger charge is 2.28. The first-order chi connectivity index (χ1) is 26.6. The third-order valence-corrected chi connectivity index (χ3v) is 9.74. The van der Waals surface area contributed by atoms with Gasteiger partial charge in [0.05, 0.1) is 19.8 Å². The zero-order valence-corrected chi connectivity index (χ0v) is 35.1. The minimum Gasteiger partial charge on any atom is -0.462 e. The summed E-state index contributed by atoms with van der Waals surface area (Å²) in [4.78, 5) is 35.0. The summed E-state index contributed by atoms with van der Waals surface area (Å²) in [7, 11) is -4.75. The van der Waals surface area contributed by atoms with Crippen LogP contribution in [0.25, 0.3) is 0 Å². The molecule has 0 spiro atoms. The highest BCUT2D eigenvalue weighted by molar-refractivity contribution is 7.47. The third kappa shape index (κ3) is 37.2. The maximum Gasteiger partial charge on any atom is 0.472 e. The number of hydrogen-bond acceptors (Lipinski definition) is 10. The summed E-state index contributed by atoms with van der Waals surface area (Å²) >= 11 is 0. The van der Waals surface area contributed by atoms with Gasteiger partial charge in [-0.1, -0.05) is 101 Å². The van der Waals surface area contributed by atoms with Gasteiger partial charge >= 0.3 is 19.8 Å². The van der Waals surface area contributed by atoms with Crippen LogP contribution in [0, 0.1) is 0 Å². The first-order valence-corrected chi connectivity index (χ1v) is 22.7. The molecule has 0 saturated carbocycles. The van der Waals surface area contributed by atoms with Crippen molar-refractivity contribution in [3.63, 3.8) is 0 Å². The van der Waals surface area contributed by atoms with E-state index in [1.54, 1.807) is 0 Å². The topological polar surface area (TPSA) is 169 Å². The van der Waals surface area contributed by atoms with Crippen LogP contribution in [0.4, 0.5) is 0 Å². The van der Waals surface area contributed by atoms with Gasteiger partial charge in [-0.3, -0.25) is 18.6 Å². The highest BCUT2D eigenvalue weighted by Crippen LogP contribution is 2.43. The predicted molar refractivity (Wildman–Crippen MR) is 220 cm³/mol. The number of allylic oxidation sites excluding steroid dienone is 8. The molecule has 0 aromatic rings. The van der Waals surface area contributed by atoms with Gasteiger partial charge in [-0.2, -0.15) is 0 Å². The molecule has 11 nitrogen and oxygen atoms in total. The number of phosphoric acid groups is 1. The minimum absolute atomic E-state index is 0.0958. The van der Waals surface area contributed by atoms with E-state index in [2.05, 4.69) is 56.4 Å². The molecule has 0 bridgehead atoms. The fourth-order valence-corrected chi connectivity index (χ4v) is 6.11. The van der Waals surface area contributed by atoms with Crippen LogP contribution in [-0.4, -0.2) is 76.9 Å². The Morgan fingerprint density at radius 1 is 0.527 bits per heavy atom. The molecule has 0 saturated heterocycles. The van der Waals surface area contributed by atoms with E-state index in [4.69, 9.17) is 23.6 Å². The summed E-state index contributed by atoms with van der Waals surface area (Å²) in [5, 5.41) is 28.1. The van der Waals surface area contributed by atoms with Crippen LogP contribution < -0.4 is 0 Å². The van der Waals surface area contributed by atoms with Crippen molar-refractivity contribution >= 4 is 19.8 Å². The molecule has 320 valence electrons. The number of carbonyl (C=O) groups is 2. The molecule has 0 aromatic carbocycles. The number of rotatable bonds is 39. The van der Waals surface area contributed by atoms with Gasteiger partial charge in [-0.15, -0.1) is 0 Å². The normalized spacial score (nSPS) is 14.9. The average molecular weight is 801 g/mol. The predicted octanol–water partition coefficient (Wildman–Crippen LogP) is 9.92. The maximum absolute atomic E-state index is 12.6. The first-order valence-electron chi connectivity index (χ1n) is 21.2. The van der Waals surface area contributed by atoms with E-state index >= 15 is 0 Å². The lowest BCUT2D eigenvalue weighted by molar-refractivity contribution is -0.161. The van der Waals surface area contributed by atoms with Gasteiger partial charge in [0.15, 0.2) is 6.10 Å². The van der Waals surface area contributed by atoms with Crippen molar-refractivity contribution in [3.8, 4) is 0 Å². The zero-order chi connectivity index (χ0) is 40.7. The van der Waals surface area contributed by atoms with E-state index in [9.17, 15) is 29.3 Å². The summed E-state index contributed by atoms with van der Waals surface area (Å²) in [6.45, 7) is 1.89. The summed E-state index contributed by atoms with van der Waals surface area (Å²) in [5.74, 6) is -1.07. The molecule has 55 heavy (non-hydrogen) atoms. The van der Waals surface area contributed by atoms with Gasteiger partial charge in [-0.25, -0.2) is 4.57 Å². The molecule has 0 aromatic heterocycles. The number of carbonyl (C=O) groups excluding carboxylic acids is 2. The van der Waals surface area contributed by atoms with Crippen molar-refractivity contribution in [3.05, 3.63) is 48.6 Å². The van der Waals surface area contributed by atoms with Crippen molar-refractivity contribution in [1.82, 2.24) is 0 Å². The Morgan fingerprint density at radius 2 is 0.909 bits per heavy atom. The summed E-state index contributed by atoms with van der Waals surface area (Å²) in [5.41, 5.74) is 0. The summed E-state index contributed by atoms with van der Waals surface area (Å²) in [6, 6.07) is 0. The summed E-state index contributed by atoms with van der Waals surface area (Å²) in [6.07, 6.45) is 37.3.